The van der Waals surface area contributed by atoms with Crippen molar-refractivity contribution in [2.24, 2.45) is 0 Å². The first-order valence-electron chi connectivity index (χ1n) is 5.64. The maximum absolute atomic E-state index is 5.61. The van der Waals surface area contributed by atoms with Crippen LogP contribution >= 0.6 is 0 Å². The van der Waals surface area contributed by atoms with E-state index in [9.17, 15) is 0 Å². The van der Waals surface area contributed by atoms with Gasteiger partial charge in [0.15, 0.2) is 0 Å². The molecule has 1 aromatic rings. The minimum atomic E-state index is 0.509. The lowest BCUT2D eigenvalue weighted by atomic mass is 10.0. The quantitative estimate of drug-likeness (QED) is 0.804. The zero-order valence-electron chi connectivity index (χ0n) is 9.42. The molecule has 0 radical (unpaired) electrons. The summed E-state index contributed by atoms with van der Waals surface area (Å²) in [5, 5.41) is 3.30. The smallest absolute Gasteiger partial charge is 0.218 e. The second-order valence-corrected chi connectivity index (χ2v) is 4.03. The lowest BCUT2D eigenvalue weighted by Crippen LogP contribution is -2.16. The number of aromatic nitrogens is 1. The monoisotopic (exact) mass is 206 g/mol. The topological polar surface area (TPSA) is 34.1 Å². The highest BCUT2D eigenvalue weighted by Crippen LogP contribution is 2.23. The molecule has 0 aromatic carbocycles. The Morgan fingerprint density at radius 1 is 1.53 bits per heavy atom. The number of pyridine rings is 1. The Morgan fingerprint density at radius 3 is 3.20 bits per heavy atom. The third-order valence-corrected chi connectivity index (χ3v) is 2.91. The average Bonchev–Trinajstić information content (AvgIpc) is 2.51. The lowest BCUT2D eigenvalue weighted by Gasteiger charge is -2.11. The molecule has 1 N–H and O–H groups in total. The summed E-state index contributed by atoms with van der Waals surface area (Å²) in [7, 11) is 0. The van der Waals surface area contributed by atoms with Crippen molar-refractivity contribution in [2.75, 3.05) is 13.2 Å². The highest BCUT2D eigenvalue weighted by Gasteiger charge is 2.12. The van der Waals surface area contributed by atoms with Gasteiger partial charge >= 0.3 is 0 Å². The largest absolute Gasteiger partial charge is 0.476 e. The number of nitrogens with one attached hydrogen (secondary N) is 1. The van der Waals surface area contributed by atoms with Gasteiger partial charge in [0.1, 0.15) is 6.61 Å². The van der Waals surface area contributed by atoms with Crippen molar-refractivity contribution in [3.8, 4) is 5.88 Å². The van der Waals surface area contributed by atoms with Crippen LogP contribution in [0, 0.1) is 0 Å². The molecule has 0 spiro atoms. The van der Waals surface area contributed by atoms with Crippen molar-refractivity contribution in [2.45, 2.75) is 32.7 Å². The number of nitrogens with zero attached hydrogens (tertiary/aromatic N) is 1. The fourth-order valence-corrected chi connectivity index (χ4v) is 1.67. The Morgan fingerprint density at radius 2 is 2.40 bits per heavy atom. The molecule has 0 bridgehead atoms. The van der Waals surface area contributed by atoms with E-state index in [0.717, 1.165) is 31.1 Å². The molecule has 1 atom stereocenters. The molecule has 3 heteroatoms. The predicted octanol–water partition coefficient (Wildman–Crippen LogP) is 2.08. The summed E-state index contributed by atoms with van der Waals surface area (Å²) in [6, 6.07) is 4.24. The van der Waals surface area contributed by atoms with Crippen LogP contribution in [0.3, 0.4) is 0 Å². The molecular formula is C12H18N2O. The second kappa shape index (κ2) is 4.62. The van der Waals surface area contributed by atoms with Crippen LogP contribution in [0.5, 0.6) is 5.88 Å². The molecule has 82 valence electrons. The molecular weight excluding hydrogens is 188 g/mol. The zero-order chi connectivity index (χ0) is 10.7. The van der Waals surface area contributed by atoms with Gasteiger partial charge < -0.3 is 10.1 Å². The third kappa shape index (κ3) is 2.29. The maximum Gasteiger partial charge on any atom is 0.218 e. The average molecular weight is 206 g/mol. The Labute approximate surface area is 90.9 Å². The van der Waals surface area contributed by atoms with Gasteiger partial charge in [0.05, 0.1) is 0 Å². The van der Waals surface area contributed by atoms with E-state index in [0.29, 0.717) is 12.5 Å². The molecule has 0 aliphatic carbocycles. The number of ether oxygens (including phenoxy) is 1. The highest BCUT2D eigenvalue weighted by molar-refractivity contribution is 5.30. The van der Waals surface area contributed by atoms with Gasteiger partial charge in [0.25, 0.3) is 0 Å². The molecule has 0 saturated carbocycles. The third-order valence-electron chi connectivity index (χ3n) is 2.91. The van der Waals surface area contributed by atoms with Gasteiger partial charge in [-0.2, -0.15) is 0 Å². The van der Waals surface area contributed by atoms with E-state index in [1.165, 1.54) is 5.56 Å². The normalized spacial score (nSPS) is 17.5. The van der Waals surface area contributed by atoms with Crippen LogP contribution in [0.15, 0.2) is 12.1 Å². The van der Waals surface area contributed by atoms with E-state index < -0.39 is 0 Å². The van der Waals surface area contributed by atoms with Gasteiger partial charge in [-0.15, -0.1) is 0 Å². The van der Waals surface area contributed by atoms with Crippen LogP contribution in [0.1, 0.15) is 37.4 Å². The standard InChI is InChI=1S/C12H18N2O/c1-3-9(2)11-5-4-10-8-13-6-7-15-12(10)14-11/h4-5,9,13H,3,6-8H2,1-2H3. The van der Waals surface area contributed by atoms with Gasteiger partial charge in [-0.1, -0.05) is 19.9 Å². The maximum atomic E-state index is 5.61. The molecule has 1 unspecified atom stereocenters. The Kier molecular flexibility index (Phi) is 3.21. The van der Waals surface area contributed by atoms with Crippen LogP contribution < -0.4 is 10.1 Å². The minimum Gasteiger partial charge on any atom is -0.476 e. The van der Waals surface area contributed by atoms with Crippen molar-refractivity contribution in [1.29, 1.82) is 0 Å². The first kappa shape index (κ1) is 10.4. The lowest BCUT2D eigenvalue weighted by molar-refractivity contribution is 0.312. The summed E-state index contributed by atoms with van der Waals surface area (Å²) in [5.41, 5.74) is 2.30. The first-order chi connectivity index (χ1) is 7.31. The summed E-state index contributed by atoms with van der Waals surface area (Å²) >= 11 is 0. The molecule has 1 aromatic heterocycles. The van der Waals surface area contributed by atoms with Gasteiger partial charge in [-0.05, 0) is 18.4 Å². The van der Waals surface area contributed by atoms with Crippen molar-refractivity contribution >= 4 is 0 Å². The number of rotatable bonds is 2. The van der Waals surface area contributed by atoms with Crippen molar-refractivity contribution in [3.05, 3.63) is 23.4 Å². The van der Waals surface area contributed by atoms with Crippen molar-refractivity contribution < 1.29 is 4.74 Å². The summed E-state index contributed by atoms with van der Waals surface area (Å²) in [6.07, 6.45) is 1.12. The Hall–Kier alpha value is -1.09. The first-order valence-corrected chi connectivity index (χ1v) is 5.64. The van der Waals surface area contributed by atoms with Gasteiger partial charge in [0.2, 0.25) is 5.88 Å². The Balaban J connectivity index is 2.27. The van der Waals surface area contributed by atoms with Gasteiger partial charge in [-0.3, -0.25) is 0 Å². The fraction of sp³-hybridized carbons (Fsp3) is 0.583. The number of hydrogen-bond donors (Lipinski definition) is 1. The van der Waals surface area contributed by atoms with E-state index in [2.05, 4.69) is 36.3 Å². The van der Waals surface area contributed by atoms with E-state index in [-0.39, 0.29) is 0 Å². The second-order valence-electron chi connectivity index (χ2n) is 4.03. The molecule has 2 heterocycles. The van der Waals surface area contributed by atoms with Gasteiger partial charge in [0, 0.05) is 24.3 Å². The van der Waals surface area contributed by atoms with Crippen molar-refractivity contribution in [1.82, 2.24) is 10.3 Å². The SMILES string of the molecule is CCC(C)c1ccc2c(n1)OCCNC2. The van der Waals surface area contributed by atoms with Gasteiger partial charge in [-0.25, -0.2) is 4.98 Å². The molecule has 2 rings (SSSR count). The molecule has 0 saturated heterocycles. The summed E-state index contributed by atoms with van der Waals surface area (Å²) in [4.78, 5) is 4.58. The van der Waals surface area contributed by atoms with E-state index in [4.69, 9.17) is 4.74 Å². The summed E-state index contributed by atoms with van der Waals surface area (Å²) < 4.78 is 5.61. The molecule has 15 heavy (non-hydrogen) atoms. The minimum absolute atomic E-state index is 0.509. The Bertz CT molecular complexity index is 338. The summed E-state index contributed by atoms with van der Waals surface area (Å²) in [5.74, 6) is 1.33. The number of fused-ring (bicyclic) bond motifs is 1. The van der Waals surface area contributed by atoms with E-state index in [1.807, 2.05) is 0 Å². The van der Waals surface area contributed by atoms with E-state index in [1.54, 1.807) is 0 Å². The molecule has 1 aliphatic rings. The highest BCUT2D eigenvalue weighted by atomic mass is 16.5. The van der Waals surface area contributed by atoms with Crippen molar-refractivity contribution in [3.63, 3.8) is 0 Å². The number of hydrogen-bond acceptors (Lipinski definition) is 3. The fourth-order valence-electron chi connectivity index (χ4n) is 1.67. The van der Waals surface area contributed by atoms with Crippen LogP contribution in [0.2, 0.25) is 0 Å². The predicted molar refractivity (Wildman–Crippen MR) is 60.1 cm³/mol. The molecule has 1 aliphatic heterocycles. The van der Waals surface area contributed by atoms with Crippen LogP contribution in [-0.2, 0) is 6.54 Å². The summed E-state index contributed by atoms with van der Waals surface area (Å²) in [6.45, 7) is 6.85. The van der Waals surface area contributed by atoms with E-state index >= 15 is 0 Å². The molecule has 3 nitrogen and oxygen atoms in total. The molecule has 0 fully saturated rings. The van der Waals surface area contributed by atoms with Crippen LogP contribution in [0.25, 0.3) is 0 Å². The molecule has 0 amide bonds. The van der Waals surface area contributed by atoms with Crippen LogP contribution in [0.4, 0.5) is 0 Å². The zero-order valence-corrected chi connectivity index (χ0v) is 9.42. The van der Waals surface area contributed by atoms with Crippen LogP contribution in [-0.4, -0.2) is 18.1 Å².